The Morgan fingerprint density at radius 2 is 1.91 bits per heavy atom. The van der Waals surface area contributed by atoms with Gasteiger partial charge in [0.25, 0.3) is 5.91 Å². The van der Waals surface area contributed by atoms with Crippen LogP contribution in [0.3, 0.4) is 0 Å². The van der Waals surface area contributed by atoms with Crippen LogP contribution < -0.4 is 10.5 Å². The van der Waals surface area contributed by atoms with Crippen molar-refractivity contribution in [2.24, 2.45) is 5.14 Å². The van der Waals surface area contributed by atoms with Crippen molar-refractivity contribution in [2.75, 3.05) is 0 Å². The van der Waals surface area contributed by atoms with Gasteiger partial charge in [-0.25, -0.2) is 13.6 Å². The number of carbonyl (C=O) groups is 2. The van der Waals surface area contributed by atoms with E-state index in [-0.39, 0.29) is 29.3 Å². The Bertz CT molecular complexity index is 697. The predicted molar refractivity (Wildman–Crippen MR) is 81.1 cm³/mol. The van der Waals surface area contributed by atoms with Crippen molar-refractivity contribution in [2.45, 2.75) is 44.6 Å². The number of nitrogens with one attached hydrogen (secondary N) is 1. The molecule has 1 aromatic carbocycles. The highest BCUT2D eigenvalue weighted by molar-refractivity contribution is 7.89. The maximum absolute atomic E-state index is 12.1. The van der Waals surface area contributed by atoms with Crippen molar-refractivity contribution in [1.29, 1.82) is 0 Å². The lowest BCUT2D eigenvalue weighted by molar-refractivity contribution is -0.137. The maximum Gasteiger partial charge on any atom is 0.303 e. The van der Waals surface area contributed by atoms with Crippen LogP contribution in [0.2, 0.25) is 0 Å². The van der Waals surface area contributed by atoms with E-state index in [0.717, 1.165) is 0 Å². The Morgan fingerprint density at radius 1 is 1.32 bits per heavy atom. The summed E-state index contributed by atoms with van der Waals surface area (Å²) in [4.78, 5) is 22.6. The third-order valence-corrected chi connectivity index (χ3v) is 4.39. The minimum Gasteiger partial charge on any atom is -0.481 e. The molecule has 1 rings (SSSR count). The average Bonchev–Trinajstić information content (AvgIpc) is 2.37. The summed E-state index contributed by atoms with van der Waals surface area (Å²) in [6.45, 7) is 4.99. The fourth-order valence-electron chi connectivity index (χ4n) is 1.97. The van der Waals surface area contributed by atoms with Gasteiger partial charge in [-0.15, -0.1) is 0 Å². The first-order valence-electron chi connectivity index (χ1n) is 6.69. The zero-order chi connectivity index (χ0) is 17.1. The molecule has 0 radical (unpaired) electrons. The van der Waals surface area contributed by atoms with Gasteiger partial charge in [-0.2, -0.15) is 0 Å². The first-order valence-corrected chi connectivity index (χ1v) is 8.23. The number of hydrogen-bond donors (Lipinski definition) is 3. The molecule has 0 bridgehead atoms. The number of carboxylic acids is 1. The quantitative estimate of drug-likeness (QED) is 0.716. The van der Waals surface area contributed by atoms with Gasteiger partial charge in [0.1, 0.15) is 0 Å². The number of amides is 1. The normalized spacial score (nSPS) is 12.7. The molecule has 7 nitrogen and oxygen atoms in total. The first-order chi connectivity index (χ1) is 10.0. The molecule has 1 atom stereocenters. The minimum absolute atomic E-state index is 0.0587. The Kier molecular flexibility index (Phi) is 5.67. The highest BCUT2D eigenvalue weighted by atomic mass is 32.2. The number of nitrogens with two attached hydrogens (primary N) is 1. The minimum atomic E-state index is -3.92. The number of primary sulfonamides is 1. The van der Waals surface area contributed by atoms with E-state index in [2.05, 4.69) is 5.32 Å². The smallest absolute Gasteiger partial charge is 0.303 e. The Morgan fingerprint density at radius 3 is 2.41 bits per heavy atom. The SMILES string of the molecule is Cc1cc(C(=O)NC(C)CCC(=O)O)cc(S(N)(=O)=O)c1C. The topological polar surface area (TPSA) is 127 Å². The Labute approximate surface area is 129 Å². The predicted octanol–water partition coefficient (Wildman–Crippen LogP) is 0.934. The summed E-state index contributed by atoms with van der Waals surface area (Å²) >= 11 is 0. The third kappa shape index (κ3) is 4.81. The zero-order valence-corrected chi connectivity index (χ0v) is 13.5. The van der Waals surface area contributed by atoms with E-state index in [1.807, 2.05) is 0 Å². The van der Waals surface area contributed by atoms with Crippen LogP contribution >= 0.6 is 0 Å². The largest absolute Gasteiger partial charge is 0.481 e. The fraction of sp³-hybridized carbons (Fsp3) is 0.429. The van der Waals surface area contributed by atoms with E-state index in [4.69, 9.17) is 10.2 Å². The number of hydrogen-bond acceptors (Lipinski definition) is 4. The molecule has 22 heavy (non-hydrogen) atoms. The van der Waals surface area contributed by atoms with E-state index in [1.54, 1.807) is 26.8 Å². The third-order valence-electron chi connectivity index (χ3n) is 3.36. The van der Waals surface area contributed by atoms with Crippen molar-refractivity contribution in [3.63, 3.8) is 0 Å². The zero-order valence-electron chi connectivity index (χ0n) is 12.7. The number of rotatable bonds is 6. The van der Waals surface area contributed by atoms with Gasteiger partial charge < -0.3 is 10.4 Å². The summed E-state index contributed by atoms with van der Waals surface area (Å²) in [6.07, 6.45) is 0.227. The molecule has 1 aromatic rings. The molecule has 0 saturated heterocycles. The van der Waals surface area contributed by atoms with Gasteiger partial charge in [0.05, 0.1) is 4.90 Å². The molecule has 1 amide bonds. The van der Waals surface area contributed by atoms with Gasteiger partial charge in [-0.05, 0) is 50.5 Å². The van der Waals surface area contributed by atoms with Gasteiger partial charge in [0.15, 0.2) is 0 Å². The van der Waals surface area contributed by atoms with E-state index in [0.29, 0.717) is 11.1 Å². The van der Waals surface area contributed by atoms with Crippen molar-refractivity contribution in [3.8, 4) is 0 Å². The maximum atomic E-state index is 12.1. The van der Waals surface area contributed by atoms with Crippen LogP contribution in [0.5, 0.6) is 0 Å². The molecule has 0 fully saturated rings. The summed E-state index contributed by atoms with van der Waals surface area (Å²) in [5.74, 6) is -1.41. The lowest BCUT2D eigenvalue weighted by atomic mass is 10.1. The summed E-state index contributed by atoms with van der Waals surface area (Å²) < 4.78 is 23.1. The summed E-state index contributed by atoms with van der Waals surface area (Å²) in [5, 5.41) is 16.4. The molecule has 8 heteroatoms. The van der Waals surface area contributed by atoms with Crippen LogP contribution in [0, 0.1) is 13.8 Å². The van der Waals surface area contributed by atoms with Crippen molar-refractivity contribution in [3.05, 3.63) is 28.8 Å². The number of aliphatic carboxylic acids is 1. The second kappa shape index (κ2) is 6.89. The molecule has 1 unspecified atom stereocenters. The average molecular weight is 328 g/mol. The van der Waals surface area contributed by atoms with E-state index in [1.165, 1.54) is 6.07 Å². The number of benzene rings is 1. The van der Waals surface area contributed by atoms with Crippen molar-refractivity contribution in [1.82, 2.24) is 5.32 Å². The first kappa shape index (κ1) is 18.1. The van der Waals surface area contributed by atoms with Gasteiger partial charge in [0.2, 0.25) is 10.0 Å². The molecular formula is C14H20N2O5S. The molecule has 0 heterocycles. The molecule has 0 aromatic heterocycles. The highest BCUT2D eigenvalue weighted by Crippen LogP contribution is 2.20. The van der Waals surface area contributed by atoms with Crippen LogP contribution in [-0.4, -0.2) is 31.4 Å². The lowest BCUT2D eigenvalue weighted by Crippen LogP contribution is -2.33. The molecule has 4 N–H and O–H groups in total. The Hall–Kier alpha value is -1.93. The summed E-state index contributed by atoms with van der Waals surface area (Å²) in [5.41, 5.74) is 1.31. The van der Waals surface area contributed by atoms with Crippen LogP contribution in [0.1, 0.15) is 41.3 Å². The van der Waals surface area contributed by atoms with Crippen LogP contribution in [0.15, 0.2) is 17.0 Å². The summed E-state index contributed by atoms with van der Waals surface area (Å²) in [7, 11) is -3.92. The highest BCUT2D eigenvalue weighted by Gasteiger charge is 2.18. The van der Waals surface area contributed by atoms with Crippen molar-refractivity contribution < 1.29 is 23.1 Å². The number of carboxylic acid groups (broad SMARTS) is 1. The van der Waals surface area contributed by atoms with E-state index >= 15 is 0 Å². The van der Waals surface area contributed by atoms with Crippen LogP contribution in [-0.2, 0) is 14.8 Å². The van der Waals surface area contributed by atoms with Gasteiger partial charge in [-0.1, -0.05) is 0 Å². The second-order valence-corrected chi connectivity index (χ2v) is 6.80. The van der Waals surface area contributed by atoms with Gasteiger partial charge >= 0.3 is 5.97 Å². The molecule has 0 spiro atoms. The fourth-order valence-corrected chi connectivity index (χ4v) is 2.85. The molecule has 0 aliphatic heterocycles. The van der Waals surface area contributed by atoms with Crippen LogP contribution in [0.25, 0.3) is 0 Å². The molecular weight excluding hydrogens is 308 g/mol. The van der Waals surface area contributed by atoms with E-state index in [9.17, 15) is 18.0 Å². The van der Waals surface area contributed by atoms with Gasteiger partial charge in [0, 0.05) is 18.0 Å². The molecule has 0 aliphatic carbocycles. The lowest BCUT2D eigenvalue weighted by Gasteiger charge is -2.15. The monoisotopic (exact) mass is 328 g/mol. The Balaban J connectivity index is 3.00. The number of aryl methyl sites for hydroxylation is 1. The summed E-state index contributed by atoms with van der Waals surface area (Å²) in [6, 6.07) is 2.46. The molecule has 0 aliphatic rings. The molecule has 122 valence electrons. The van der Waals surface area contributed by atoms with Crippen LogP contribution in [0.4, 0.5) is 0 Å². The molecule has 0 saturated carbocycles. The van der Waals surface area contributed by atoms with Gasteiger partial charge in [-0.3, -0.25) is 9.59 Å². The standard InChI is InChI=1S/C14H20N2O5S/c1-8-6-11(7-12(10(8)3)22(15,20)21)14(19)16-9(2)4-5-13(17)18/h6-7,9H,4-5H2,1-3H3,(H,16,19)(H,17,18)(H2,15,20,21). The second-order valence-electron chi connectivity index (χ2n) is 5.27. The number of carbonyl (C=O) groups excluding carboxylic acids is 1. The number of sulfonamides is 1. The van der Waals surface area contributed by atoms with E-state index < -0.39 is 21.9 Å². The van der Waals surface area contributed by atoms with Crippen molar-refractivity contribution >= 4 is 21.9 Å².